The fraction of sp³-hybridized carbons (Fsp3) is 0.133. The van der Waals surface area contributed by atoms with E-state index in [0.717, 1.165) is 23.0 Å². The first-order valence-corrected chi connectivity index (χ1v) is 5.84. The Balaban J connectivity index is 1.90. The topological polar surface area (TPSA) is 59.7 Å². The first-order chi connectivity index (χ1) is 9.24. The zero-order valence-corrected chi connectivity index (χ0v) is 10.3. The molecule has 0 aliphatic rings. The van der Waals surface area contributed by atoms with Gasteiger partial charge in [0.2, 0.25) is 0 Å². The predicted octanol–water partition coefficient (Wildman–Crippen LogP) is 3.09. The summed E-state index contributed by atoms with van der Waals surface area (Å²) in [7, 11) is 0. The van der Waals surface area contributed by atoms with Crippen molar-refractivity contribution in [2.75, 3.05) is 0 Å². The Labute approximate surface area is 110 Å². The predicted molar refractivity (Wildman–Crippen MR) is 70.3 cm³/mol. The summed E-state index contributed by atoms with van der Waals surface area (Å²) in [6.07, 6.45) is 4.27. The molecule has 0 fully saturated rings. The van der Waals surface area contributed by atoms with Crippen molar-refractivity contribution in [1.82, 2.24) is 0 Å². The van der Waals surface area contributed by atoms with Gasteiger partial charge in [-0.15, -0.1) is 0 Å². The lowest BCUT2D eigenvalue weighted by Gasteiger charge is -2.03. The molecule has 2 rings (SSSR count). The van der Waals surface area contributed by atoms with Gasteiger partial charge in [0.25, 0.3) is 0 Å². The number of carboxylic acid groups (broad SMARTS) is 1. The van der Waals surface area contributed by atoms with Crippen molar-refractivity contribution in [2.45, 2.75) is 13.2 Å². The largest absolute Gasteiger partial charge is 0.478 e. The number of aliphatic carboxylic acids is 1. The van der Waals surface area contributed by atoms with Gasteiger partial charge in [0.1, 0.15) is 12.4 Å². The monoisotopic (exact) mass is 258 g/mol. The van der Waals surface area contributed by atoms with Crippen molar-refractivity contribution >= 4 is 12.0 Å². The van der Waals surface area contributed by atoms with Gasteiger partial charge in [-0.05, 0) is 35.4 Å². The van der Waals surface area contributed by atoms with Crippen molar-refractivity contribution in [1.29, 1.82) is 0 Å². The zero-order valence-electron chi connectivity index (χ0n) is 10.3. The Kier molecular flexibility index (Phi) is 4.53. The van der Waals surface area contributed by atoms with E-state index in [-0.39, 0.29) is 0 Å². The third-order valence-electron chi connectivity index (χ3n) is 2.46. The maximum absolute atomic E-state index is 10.4. The third kappa shape index (κ3) is 4.44. The van der Waals surface area contributed by atoms with E-state index in [1.165, 1.54) is 0 Å². The highest BCUT2D eigenvalue weighted by Gasteiger charge is 1.98. The zero-order chi connectivity index (χ0) is 13.5. The Hall–Kier alpha value is -2.33. The molecule has 0 unspecified atom stereocenters. The summed E-state index contributed by atoms with van der Waals surface area (Å²) in [5.74, 6) is -0.179. The molecule has 0 aliphatic carbocycles. The summed E-state index contributed by atoms with van der Waals surface area (Å²) in [5.41, 5.74) is 1.82. The molecule has 98 valence electrons. The molecule has 0 aliphatic heterocycles. The van der Waals surface area contributed by atoms with Crippen molar-refractivity contribution in [2.24, 2.45) is 0 Å². The number of carbonyl (C=O) groups is 1. The van der Waals surface area contributed by atoms with Crippen LogP contribution in [0.2, 0.25) is 0 Å². The van der Waals surface area contributed by atoms with Gasteiger partial charge in [-0.1, -0.05) is 18.2 Å². The van der Waals surface area contributed by atoms with Crippen molar-refractivity contribution < 1.29 is 19.1 Å². The van der Waals surface area contributed by atoms with Gasteiger partial charge in [0, 0.05) is 6.08 Å². The highest BCUT2D eigenvalue weighted by atomic mass is 16.5. The average molecular weight is 258 g/mol. The fourth-order valence-corrected chi connectivity index (χ4v) is 1.62. The molecule has 4 heteroatoms. The molecule has 1 N–H and O–H groups in total. The molecule has 0 saturated heterocycles. The molecule has 1 aromatic heterocycles. The highest BCUT2D eigenvalue weighted by Crippen LogP contribution is 2.10. The number of carboxylic acids is 1. The molecular formula is C15H14O4. The molecule has 0 bridgehead atoms. The summed E-state index contributed by atoms with van der Waals surface area (Å²) >= 11 is 0. The van der Waals surface area contributed by atoms with Gasteiger partial charge < -0.3 is 14.3 Å². The number of hydrogen-bond acceptors (Lipinski definition) is 3. The quantitative estimate of drug-likeness (QED) is 0.809. The Morgan fingerprint density at radius 2 is 2.16 bits per heavy atom. The van der Waals surface area contributed by atoms with Gasteiger partial charge in [0.15, 0.2) is 0 Å². The standard InChI is InChI=1S/C15H14O4/c16-15(17)7-6-12-3-1-4-13(9-12)10-18-11-14-5-2-8-19-14/h1-9H,10-11H2,(H,16,17). The van der Waals surface area contributed by atoms with Crippen LogP contribution in [-0.4, -0.2) is 11.1 Å². The van der Waals surface area contributed by atoms with Crippen molar-refractivity contribution in [3.63, 3.8) is 0 Å². The lowest BCUT2D eigenvalue weighted by atomic mass is 10.1. The third-order valence-corrected chi connectivity index (χ3v) is 2.46. The van der Waals surface area contributed by atoms with E-state index in [4.69, 9.17) is 14.3 Å². The van der Waals surface area contributed by atoms with Crippen LogP contribution in [0.4, 0.5) is 0 Å². The van der Waals surface area contributed by atoms with Crippen LogP contribution in [0.1, 0.15) is 16.9 Å². The van der Waals surface area contributed by atoms with Crippen molar-refractivity contribution in [3.8, 4) is 0 Å². The second-order valence-corrected chi connectivity index (χ2v) is 3.99. The molecule has 1 heterocycles. The molecule has 0 amide bonds. The van der Waals surface area contributed by atoms with E-state index in [9.17, 15) is 4.79 Å². The Morgan fingerprint density at radius 1 is 1.26 bits per heavy atom. The molecule has 1 aromatic carbocycles. The van der Waals surface area contributed by atoms with E-state index in [0.29, 0.717) is 13.2 Å². The van der Waals surface area contributed by atoms with E-state index in [1.54, 1.807) is 12.3 Å². The maximum atomic E-state index is 10.4. The lowest BCUT2D eigenvalue weighted by molar-refractivity contribution is -0.131. The summed E-state index contributed by atoms with van der Waals surface area (Å²) in [4.78, 5) is 10.4. The second-order valence-electron chi connectivity index (χ2n) is 3.99. The summed E-state index contributed by atoms with van der Waals surface area (Å²) in [6.45, 7) is 0.873. The van der Waals surface area contributed by atoms with Crippen LogP contribution in [0.3, 0.4) is 0 Å². The van der Waals surface area contributed by atoms with E-state index in [1.807, 2.05) is 36.4 Å². The molecular weight excluding hydrogens is 244 g/mol. The van der Waals surface area contributed by atoms with Gasteiger partial charge in [-0.2, -0.15) is 0 Å². The van der Waals surface area contributed by atoms with E-state index >= 15 is 0 Å². The van der Waals surface area contributed by atoms with Crippen LogP contribution >= 0.6 is 0 Å². The van der Waals surface area contributed by atoms with E-state index < -0.39 is 5.97 Å². The van der Waals surface area contributed by atoms with Crippen molar-refractivity contribution in [3.05, 3.63) is 65.6 Å². The Morgan fingerprint density at radius 3 is 2.89 bits per heavy atom. The van der Waals surface area contributed by atoms with Crippen LogP contribution in [0.15, 0.2) is 53.2 Å². The minimum Gasteiger partial charge on any atom is -0.478 e. The number of hydrogen-bond donors (Lipinski definition) is 1. The van der Waals surface area contributed by atoms with Gasteiger partial charge in [-0.25, -0.2) is 4.79 Å². The van der Waals surface area contributed by atoms with Crippen LogP contribution in [-0.2, 0) is 22.7 Å². The van der Waals surface area contributed by atoms with E-state index in [2.05, 4.69) is 0 Å². The number of benzene rings is 1. The maximum Gasteiger partial charge on any atom is 0.328 e. The number of ether oxygens (including phenoxy) is 1. The minimum atomic E-state index is -0.959. The Bertz CT molecular complexity index is 555. The fourth-order valence-electron chi connectivity index (χ4n) is 1.62. The first kappa shape index (κ1) is 13.1. The molecule has 0 atom stereocenters. The molecule has 0 radical (unpaired) electrons. The van der Waals surface area contributed by atoms with Crippen LogP contribution in [0, 0.1) is 0 Å². The molecule has 19 heavy (non-hydrogen) atoms. The highest BCUT2D eigenvalue weighted by molar-refractivity contribution is 5.85. The van der Waals surface area contributed by atoms with Gasteiger partial charge in [-0.3, -0.25) is 0 Å². The summed E-state index contributed by atoms with van der Waals surface area (Å²) in [5, 5.41) is 8.57. The number of furan rings is 1. The van der Waals surface area contributed by atoms with Crippen LogP contribution in [0.5, 0.6) is 0 Å². The average Bonchev–Trinajstić information content (AvgIpc) is 2.90. The minimum absolute atomic E-state index is 0.419. The van der Waals surface area contributed by atoms with Crippen LogP contribution < -0.4 is 0 Å². The first-order valence-electron chi connectivity index (χ1n) is 5.84. The molecule has 2 aromatic rings. The number of rotatable bonds is 6. The SMILES string of the molecule is O=C(O)C=Cc1cccc(COCc2ccco2)c1. The second kappa shape index (κ2) is 6.56. The summed E-state index contributed by atoms with van der Waals surface area (Å²) < 4.78 is 10.7. The van der Waals surface area contributed by atoms with Gasteiger partial charge >= 0.3 is 5.97 Å². The molecule has 0 saturated carbocycles. The normalized spacial score (nSPS) is 10.9. The molecule has 0 spiro atoms. The smallest absolute Gasteiger partial charge is 0.328 e. The van der Waals surface area contributed by atoms with Crippen LogP contribution in [0.25, 0.3) is 6.08 Å². The lowest BCUT2D eigenvalue weighted by Crippen LogP contribution is -1.93. The summed E-state index contributed by atoms with van der Waals surface area (Å²) in [6, 6.07) is 11.2. The molecule has 4 nitrogen and oxygen atoms in total. The van der Waals surface area contributed by atoms with Gasteiger partial charge in [0.05, 0.1) is 12.9 Å².